The molecule has 1 aromatic heterocycles. The van der Waals surface area contributed by atoms with E-state index < -0.39 is 16.1 Å². The van der Waals surface area contributed by atoms with Crippen LogP contribution in [0.1, 0.15) is 12.8 Å². The lowest BCUT2D eigenvalue weighted by Gasteiger charge is -2.16. The zero-order chi connectivity index (χ0) is 13.5. The topological polar surface area (TPSA) is 103 Å². The van der Waals surface area contributed by atoms with Gasteiger partial charge in [0.2, 0.25) is 5.03 Å². The Kier molecular flexibility index (Phi) is 3.72. The Hall–Kier alpha value is -0.580. The molecule has 0 aliphatic heterocycles. The minimum Gasteiger partial charge on any atom is -0.392 e. The van der Waals surface area contributed by atoms with Crippen LogP contribution in [-0.2, 0) is 17.1 Å². The first kappa shape index (κ1) is 13.8. The van der Waals surface area contributed by atoms with Crippen LogP contribution in [0.5, 0.6) is 0 Å². The molecule has 0 bridgehead atoms. The summed E-state index contributed by atoms with van der Waals surface area (Å²) in [6, 6.07) is -0.508. The standard InChI is InChI=1S/C8H12BrN5O2S2/c1-14-8(6(9)11-13-14)18(15,16)12-5(7(10)17)4-2-3-4/h4-5,12H,2-3H2,1H3,(H2,10,17). The van der Waals surface area contributed by atoms with Gasteiger partial charge in [-0.15, -0.1) is 5.10 Å². The summed E-state index contributed by atoms with van der Waals surface area (Å²) in [5.74, 6) is 0.192. The molecule has 18 heavy (non-hydrogen) atoms. The Morgan fingerprint density at radius 2 is 2.28 bits per heavy atom. The van der Waals surface area contributed by atoms with Crippen LogP contribution in [0.3, 0.4) is 0 Å². The zero-order valence-corrected chi connectivity index (χ0v) is 12.7. The molecule has 7 nitrogen and oxygen atoms in total. The van der Waals surface area contributed by atoms with Gasteiger partial charge in [0.25, 0.3) is 10.0 Å². The number of halogens is 1. The van der Waals surface area contributed by atoms with Crippen LogP contribution >= 0.6 is 28.1 Å². The quantitative estimate of drug-likeness (QED) is 0.717. The van der Waals surface area contributed by atoms with E-state index in [1.54, 1.807) is 0 Å². The first-order chi connectivity index (χ1) is 8.33. The van der Waals surface area contributed by atoms with E-state index in [0.29, 0.717) is 0 Å². The molecule has 1 aromatic rings. The lowest BCUT2D eigenvalue weighted by atomic mass is 10.2. The summed E-state index contributed by atoms with van der Waals surface area (Å²) in [5.41, 5.74) is 5.57. The first-order valence-corrected chi connectivity index (χ1v) is 7.88. The number of sulfonamides is 1. The van der Waals surface area contributed by atoms with Gasteiger partial charge in [-0.05, 0) is 34.7 Å². The van der Waals surface area contributed by atoms with Crippen molar-refractivity contribution in [2.75, 3.05) is 0 Å². The van der Waals surface area contributed by atoms with E-state index in [2.05, 4.69) is 31.0 Å². The highest BCUT2D eigenvalue weighted by Crippen LogP contribution is 2.33. The second-order valence-electron chi connectivity index (χ2n) is 4.15. The van der Waals surface area contributed by atoms with Gasteiger partial charge in [0.1, 0.15) is 0 Å². The molecule has 1 saturated carbocycles. The van der Waals surface area contributed by atoms with Crippen molar-refractivity contribution in [3.63, 3.8) is 0 Å². The maximum absolute atomic E-state index is 12.2. The van der Waals surface area contributed by atoms with Crippen LogP contribution < -0.4 is 10.5 Å². The Morgan fingerprint density at radius 3 is 2.67 bits per heavy atom. The zero-order valence-electron chi connectivity index (χ0n) is 9.50. The molecule has 0 aromatic carbocycles. The molecule has 100 valence electrons. The Labute approximate surface area is 118 Å². The number of aromatic nitrogens is 3. The molecule has 1 aliphatic carbocycles. The minimum absolute atomic E-state index is 0.0376. The molecular weight excluding hydrogens is 342 g/mol. The van der Waals surface area contributed by atoms with Crippen LogP contribution in [0.15, 0.2) is 9.63 Å². The number of nitrogens with one attached hydrogen (secondary N) is 1. The largest absolute Gasteiger partial charge is 0.392 e. The molecule has 0 radical (unpaired) electrons. The van der Waals surface area contributed by atoms with Crippen molar-refractivity contribution in [1.29, 1.82) is 0 Å². The van der Waals surface area contributed by atoms with Crippen molar-refractivity contribution in [3.05, 3.63) is 4.60 Å². The van der Waals surface area contributed by atoms with Crippen LogP contribution in [-0.4, -0.2) is 34.4 Å². The third-order valence-electron chi connectivity index (χ3n) is 2.67. The van der Waals surface area contributed by atoms with Gasteiger partial charge in [-0.25, -0.2) is 13.1 Å². The lowest BCUT2D eigenvalue weighted by Crippen LogP contribution is -2.45. The molecule has 0 saturated heterocycles. The molecule has 1 aliphatic rings. The third-order valence-corrected chi connectivity index (χ3v) is 5.26. The molecule has 1 heterocycles. The Morgan fingerprint density at radius 1 is 1.67 bits per heavy atom. The summed E-state index contributed by atoms with van der Waals surface area (Å²) in [7, 11) is -2.25. The highest BCUT2D eigenvalue weighted by molar-refractivity contribution is 9.10. The fourth-order valence-electron chi connectivity index (χ4n) is 1.65. The van der Waals surface area contributed by atoms with E-state index in [9.17, 15) is 8.42 Å². The number of nitrogens with zero attached hydrogens (tertiary/aromatic N) is 3. The predicted molar refractivity (Wildman–Crippen MR) is 72.3 cm³/mol. The van der Waals surface area contributed by atoms with E-state index in [1.807, 2.05) is 0 Å². The van der Waals surface area contributed by atoms with Crippen molar-refractivity contribution in [2.45, 2.75) is 23.9 Å². The maximum atomic E-state index is 12.2. The first-order valence-electron chi connectivity index (χ1n) is 5.19. The van der Waals surface area contributed by atoms with Crippen LogP contribution in [0.25, 0.3) is 0 Å². The molecule has 1 atom stereocenters. The highest BCUT2D eigenvalue weighted by atomic mass is 79.9. The van der Waals surface area contributed by atoms with Gasteiger partial charge in [0.15, 0.2) is 4.60 Å². The van der Waals surface area contributed by atoms with E-state index >= 15 is 0 Å². The molecule has 10 heteroatoms. The monoisotopic (exact) mass is 353 g/mol. The lowest BCUT2D eigenvalue weighted by molar-refractivity contribution is 0.546. The molecule has 1 unspecified atom stereocenters. The maximum Gasteiger partial charge on any atom is 0.261 e. The summed E-state index contributed by atoms with van der Waals surface area (Å²) in [6.45, 7) is 0. The van der Waals surface area contributed by atoms with Gasteiger partial charge >= 0.3 is 0 Å². The number of hydrogen-bond donors (Lipinski definition) is 2. The molecular formula is C8H12BrN5O2S2. The van der Waals surface area contributed by atoms with Crippen LogP contribution in [0, 0.1) is 5.92 Å². The molecule has 1 fully saturated rings. The molecule has 0 amide bonds. The Balaban J connectivity index is 2.29. The van der Waals surface area contributed by atoms with Gasteiger partial charge in [-0.1, -0.05) is 17.4 Å². The number of aryl methyl sites for hydroxylation is 1. The van der Waals surface area contributed by atoms with Crippen molar-refractivity contribution >= 4 is 43.2 Å². The van der Waals surface area contributed by atoms with Crippen molar-refractivity contribution < 1.29 is 8.42 Å². The van der Waals surface area contributed by atoms with Gasteiger partial charge in [-0.3, -0.25) is 0 Å². The van der Waals surface area contributed by atoms with Gasteiger partial charge < -0.3 is 5.73 Å². The van der Waals surface area contributed by atoms with E-state index in [1.165, 1.54) is 11.7 Å². The van der Waals surface area contributed by atoms with Crippen molar-refractivity contribution in [3.8, 4) is 0 Å². The van der Waals surface area contributed by atoms with E-state index in [4.69, 9.17) is 18.0 Å². The average molecular weight is 354 g/mol. The van der Waals surface area contributed by atoms with Crippen molar-refractivity contribution in [1.82, 2.24) is 19.7 Å². The van der Waals surface area contributed by atoms with Gasteiger partial charge in [-0.2, -0.15) is 4.72 Å². The van der Waals surface area contributed by atoms with Gasteiger partial charge in [0, 0.05) is 7.05 Å². The number of nitrogens with two attached hydrogens (primary N) is 1. The second kappa shape index (κ2) is 4.83. The second-order valence-corrected chi connectivity index (χ2v) is 7.00. The summed E-state index contributed by atoms with van der Waals surface area (Å²) >= 11 is 7.95. The summed E-state index contributed by atoms with van der Waals surface area (Å²) < 4.78 is 28.3. The van der Waals surface area contributed by atoms with E-state index in [-0.39, 0.29) is 20.5 Å². The molecule has 0 spiro atoms. The summed E-state index contributed by atoms with van der Waals surface area (Å²) in [4.78, 5) is 0.160. The summed E-state index contributed by atoms with van der Waals surface area (Å²) in [6.07, 6.45) is 1.85. The van der Waals surface area contributed by atoms with E-state index in [0.717, 1.165) is 12.8 Å². The smallest absolute Gasteiger partial charge is 0.261 e. The molecule has 3 N–H and O–H groups in total. The molecule has 2 rings (SSSR count). The fraction of sp³-hybridized carbons (Fsp3) is 0.625. The third kappa shape index (κ3) is 2.71. The van der Waals surface area contributed by atoms with Crippen molar-refractivity contribution in [2.24, 2.45) is 18.7 Å². The fourth-order valence-corrected chi connectivity index (χ4v) is 4.35. The summed E-state index contributed by atoms with van der Waals surface area (Å²) in [5, 5.41) is 7.24. The number of hydrogen-bond acceptors (Lipinski definition) is 5. The SMILES string of the molecule is Cn1nnc(Br)c1S(=O)(=O)NC(C(N)=S)C1CC1. The number of rotatable bonds is 5. The normalized spacial score (nSPS) is 17.7. The van der Waals surface area contributed by atoms with Crippen LogP contribution in [0.4, 0.5) is 0 Å². The highest BCUT2D eigenvalue weighted by Gasteiger charge is 2.37. The number of thiocarbonyl (C=S) groups is 1. The van der Waals surface area contributed by atoms with Gasteiger partial charge in [0.05, 0.1) is 11.0 Å². The predicted octanol–water partition coefficient (Wildman–Crippen LogP) is -0.0794. The minimum atomic E-state index is -3.75. The van der Waals surface area contributed by atoms with Crippen LogP contribution in [0.2, 0.25) is 0 Å². The Bertz CT molecular complexity index is 561. The average Bonchev–Trinajstić information content (AvgIpc) is 3.01.